The summed E-state index contributed by atoms with van der Waals surface area (Å²) >= 11 is 0. The molecule has 9 nitrogen and oxygen atoms in total. The highest BCUT2D eigenvalue weighted by Crippen LogP contribution is 2.28. The van der Waals surface area contributed by atoms with Crippen molar-refractivity contribution in [2.75, 3.05) is 5.73 Å². The number of nitrogens with zero attached hydrogens (tertiary/aromatic N) is 4. The number of nitrogen functional groups attached to an aromatic ring is 1. The first-order chi connectivity index (χ1) is 13.0. The minimum atomic E-state index is -0.565. The summed E-state index contributed by atoms with van der Waals surface area (Å²) in [6.07, 6.45) is 1.68. The smallest absolute Gasteiger partial charge is 0.274 e. The van der Waals surface area contributed by atoms with Crippen molar-refractivity contribution in [2.45, 2.75) is 13.5 Å². The van der Waals surface area contributed by atoms with Gasteiger partial charge in [0.2, 0.25) is 5.95 Å². The van der Waals surface area contributed by atoms with Gasteiger partial charge in [-0.05, 0) is 36.8 Å². The molecule has 0 aliphatic carbocycles. The molecule has 0 aliphatic heterocycles. The second-order valence-corrected chi connectivity index (χ2v) is 6.02. The number of hydrogen-bond donors (Lipinski definition) is 3. The second kappa shape index (κ2) is 6.54. The van der Waals surface area contributed by atoms with Crippen molar-refractivity contribution in [3.63, 3.8) is 0 Å². The number of rotatable bonds is 4. The summed E-state index contributed by atoms with van der Waals surface area (Å²) in [5, 5.41) is 13.8. The third kappa shape index (κ3) is 3.11. The Morgan fingerprint density at radius 1 is 1.22 bits per heavy atom. The molecule has 9 heteroatoms. The number of anilines is 1. The Hall–Kier alpha value is -3.72. The summed E-state index contributed by atoms with van der Waals surface area (Å²) in [4.78, 5) is 20.0. The summed E-state index contributed by atoms with van der Waals surface area (Å²) in [6.45, 7) is 2.28. The number of nitrogens with one attached hydrogen (secondary N) is 1. The molecule has 0 aliphatic rings. The van der Waals surface area contributed by atoms with E-state index >= 15 is 0 Å². The maximum atomic E-state index is 11.4. The van der Waals surface area contributed by atoms with E-state index in [0.717, 1.165) is 16.7 Å². The third-order valence-corrected chi connectivity index (χ3v) is 4.14. The molecule has 27 heavy (non-hydrogen) atoms. The molecular weight excluding hydrogens is 348 g/mol. The van der Waals surface area contributed by atoms with Crippen molar-refractivity contribution in [1.82, 2.24) is 25.2 Å². The molecule has 136 valence electrons. The molecule has 0 unspecified atom stereocenters. The Morgan fingerprint density at radius 3 is 2.67 bits per heavy atom. The van der Waals surface area contributed by atoms with E-state index in [0.29, 0.717) is 29.2 Å². The number of carbonyl (C=O) groups excluding carboxylic acids is 1. The molecule has 4 N–H and O–H groups in total. The lowest BCUT2D eigenvalue weighted by Crippen LogP contribution is -2.18. The Morgan fingerprint density at radius 2 is 2.00 bits per heavy atom. The first-order valence-corrected chi connectivity index (χ1v) is 8.14. The summed E-state index contributed by atoms with van der Waals surface area (Å²) < 4.78 is 7.37. The van der Waals surface area contributed by atoms with E-state index in [2.05, 4.69) is 15.1 Å². The quantitative estimate of drug-likeness (QED) is 0.373. The van der Waals surface area contributed by atoms with Crippen LogP contribution in [0.25, 0.3) is 22.5 Å². The number of aromatic nitrogens is 4. The minimum Gasteiger partial charge on any atom is -0.460 e. The van der Waals surface area contributed by atoms with E-state index in [1.807, 2.05) is 19.1 Å². The number of fused-ring (bicyclic) bond motifs is 1. The van der Waals surface area contributed by atoms with E-state index in [4.69, 9.17) is 15.4 Å². The fourth-order valence-corrected chi connectivity index (χ4v) is 2.84. The van der Waals surface area contributed by atoms with Gasteiger partial charge in [0.15, 0.2) is 11.4 Å². The Kier molecular flexibility index (Phi) is 4.05. The molecule has 4 aromatic rings. The molecule has 0 saturated heterocycles. The van der Waals surface area contributed by atoms with Crippen molar-refractivity contribution >= 4 is 22.9 Å². The van der Waals surface area contributed by atoms with Crippen LogP contribution in [0.5, 0.6) is 0 Å². The lowest BCUT2D eigenvalue weighted by Gasteiger charge is -2.06. The number of carbonyl (C=O) groups is 1. The molecule has 0 saturated carbocycles. The van der Waals surface area contributed by atoms with E-state index < -0.39 is 5.91 Å². The van der Waals surface area contributed by atoms with Crippen LogP contribution in [-0.2, 0) is 6.54 Å². The summed E-state index contributed by atoms with van der Waals surface area (Å²) in [5.74, 6) is 0.938. The third-order valence-electron chi connectivity index (χ3n) is 4.14. The first-order valence-electron chi connectivity index (χ1n) is 8.14. The molecule has 0 fully saturated rings. The number of furan rings is 1. The highest BCUT2D eigenvalue weighted by atomic mass is 16.5. The van der Waals surface area contributed by atoms with Gasteiger partial charge in [0.25, 0.3) is 5.91 Å². The van der Waals surface area contributed by atoms with E-state index in [1.54, 1.807) is 40.6 Å². The van der Waals surface area contributed by atoms with Gasteiger partial charge in [0, 0.05) is 5.56 Å². The van der Waals surface area contributed by atoms with Gasteiger partial charge in [-0.1, -0.05) is 12.1 Å². The number of benzene rings is 1. The SMILES string of the molecule is Cc1ccc(-c2nc(N)nc3c2cnn3Cc2ccc(C(=O)NO)cc2)o1. The number of nitrogens with two attached hydrogens (primary N) is 1. The van der Waals surface area contributed by atoms with Crippen LogP contribution < -0.4 is 11.2 Å². The normalized spacial score (nSPS) is 11.0. The van der Waals surface area contributed by atoms with E-state index in [-0.39, 0.29) is 5.95 Å². The van der Waals surface area contributed by atoms with Crippen LogP contribution in [-0.4, -0.2) is 30.9 Å². The van der Waals surface area contributed by atoms with Gasteiger partial charge in [-0.3, -0.25) is 10.0 Å². The van der Waals surface area contributed by atoms with Crippen LogP contribution in [0.2, 0.25) is 0 Å². The molecular formula is C18H16N6O3. The van der Waals surface area contributed by atoms with E-state index in [1.165, 1.54) is 0 Å². The van der Waals surface area contributed by atoms with Gasteiger partial charge in [-0.25, -0.2) is 15.1 Å². The molecule has 0 atom stereocenters. The number of amides is 1. The van der Waals surface area contributed by atoms with Gasteiger partial charge in [0.1, 0.15) is 11.5 Å². The monoisotopic (exact) mass is 364 g/mol. The molecule has 3 aromatic heterocycles. The van der Waals surface area contributed by atoms with Crippen molar-refractivity contribution < 1.29 is 14.4 Å². The maximum absolute atomic E-state index is 11.4. The highest BCUT2D eigenvalue weighted by Gasteiger charge is 2.16. The molecule has 0 spiro atoms. The van der Waals surface area contributed by atoms with Crippen molar-refractivity contribution in [1.29, 1.82) is 0 Å². The lowest BCUT2D eigenvalue weighted by molar-refractivity contribution is 0.0706. The van der Waals surface area contributed by atoms with Gasteiger partial charge < -0.3 is 10.2 Å². The van der Waals surface area contributed by atoms with Crippen LogP contribution in [0.4, 0.5) is 5.95 Å². The van der Waals surface area contributed by atoms with Gasteiger partial charge in [-0.2, -0.15) is 10.1 Å². The average molecular weight is 364 g/mol. The Bertz CT molecular complexity index is 1130. The van der Waals surface area contributed by atoms with Crippen LogP contribution in [0.15, 0.2) is 47.0 Å². The largest absolute Gasteiger partial charge is 0.460 e. The summed E-state index contributed by atoms with van der Waals surface area (Å²) in [6, 6.07) is 10.5. The van der Waals surface area contributed by atoms with Crippen molar-refractivity contribution in [2.24, 2.45) is 0 Å². The molecule has 4 rings (SSSR count). The van der Waals surface area contributed by atoms with E-state index in [9.17, 15) is 4.79 Å². The molecule has 0 radical (unpaired) electrons. The fourth-order valence-electron chi connectivity index (χ4n) is 2.84. The summed E-state index contributed by atoms with van der Waals surface area (Å²) in [5.41, 5.74) is 9.93. The Labute approximate surface area is 153 Å². The van der Waals surface area contributed by atoms with Crippen molar-refractivity contribution in [3.8, 4) is 11.5 Å². The van der Waals surface area contributed by atoms with Gasteiger partial charge >= 0.3 is 0 Å². The molecule has 0 bridgehead atoms. The topological polar surface area (TPSA) is 132 Å². The number of hydroxylamine groups is 1. The van der Waals surface area contributed by atoms with Gasteiger partial charge in [-0.15, -0.1) is 0 Å². The zero-order valence-electron chi connectivity index (χ0n) is 14.4. The predicted molar refractivity (Wildman–Crippen MR) is 97.0 cm³/mol. The fraction of sp³-hybridized carbons (Fsp3) is 0.111. The zero-order valence-corrected chi connectivity index (χ0v) is 14.4. The Balaban J connectivity index is 1.71. The first kappa shape index (κ1) is 16.7. The summed E-state index contributed by atoms with van der Waals surface area (Å²) in [7, 11) is 0. The maximum Gasteiger partial charge on any atom is 0.274 e. The predicted octanol–water partition coefficient (Wildman–Crippen LogP) is 2.14. The molecule has 3 heterocycles. The highest BCUT2D eigenvalue weighted by molar-refractivity contribution is 5.93. The average Bonchev–Trinajstić information content (AvgIpc) is 3.28. The molecule has 1 aromatic carbocycles. The second-order valence-electron chi connectivity index (χ2n) is 6.02. The van der Waals surface area contributed by atoms with Crippen LogP contribution in [0.1, 0.15) is 21.7 Å². The standard InChI is InChI=1S/C18H16N6O3/c1-10-2-7-14(27-10)15-13-8-20-24(16(13)22-18(19)21-15)9-11-3-5-12(6-4-11)17(25)23-26/h2-8,26H,9H2,1H3,(H,23,25)(H2,19,21,22). The lowest BCUT2D eigenvalue weighted by atomic mass is 10.1. The van der Waals surface area contributed by atoms with Gasteiger partial charge in [0.05, 0.1) is 18.1 Å². The number of aryl methyl sites for hydroxylation is 1. The van der Waals surface area contributed by atoms with Crippen LogP contribution >= 0.6 is 0 Å². The van der Waals surface area contributed by atoms with Crippen LogP contribution in [0.3, 0.4) is 0 Å². The number of hydrogen-bond acceptors (Lipinski definition) is 7. The molecule has 1 amide bonds. The zero-order chi connectivity index (χ0) is 19.0. The minimum absolute atomic E-state index is 0.128. The van der Waals surface area contributed by atoms with Crippen molar-refractivity contribution in [3.05, 3.63) is 59.5 Å². The van der Waals surface area contributed by atoms with Crippen LogP contribution in [0, 0.1) is 6.92 Å².